The summed E-state index contributed by atoms with van der Waals surface area (Å²) >= 11 is -2.22. The number of rotatable bonds is 0. The summed E-state index contributed by atoms with van der Waals surface area (Å²) in [6.07, 6.45) is 0. The van der Waals surface area contributed by atoms with Crippen LogP contribution in [0.3, 0.4) is 0 Å². The molecule has 0 aromatic carbocycles. The van der Waals surface area contributed by atoms with Gasteiger partial charge < -0.3 is 0 Å². The Morgan fingerprint density at radius 3 is 1.00 bits per heavy atom. The Bertz CT molecular complexity index is 11.6. The Kier molecular flexibility index (Phi) is 14.4. The van der Waals surface area contributed by atoms with Crippen molar-refractivity contribution in [1.29, 1.82) is 0 Å². The van der Waals surface area contributed by atoms with E-state index >= 15 is 0 Å². The zero-order chi connectivity index (χ0) is 3.58. The van der Waals surface area contributed by atoms with Gasteiger partial charge in [-0.25, -0.2) is 0 Å². The van der Waals surface area contributed by atoms with Crippen LogP contribution in [-0.2, 0) is 0 Å². The van der Waals surface area contributed by atoms with Crippen molar-refractivity contribution >= 4 is 73.2 Å². The van der Waals surface area contributed by atoms with Crippen LogP contribution < -0.4 is 0 Å². The number of halogens is 3. The molecule has 0 rings (SSSR count). The fraction of sp³-hybridized carbons (Fsp3) is 0. The molecule has 0 nitrogen and oxygen atoms in total. The molecule has 0 aliphatic heterocycles. The Hall–Kier alpha value is 2.74. The average Bonchev–Trinajstić information content (AvgIpc) is 0.811. The van der Waals surface area contributed by atoms with Gasteiger partial charge in [0.2, 0.25) is 0 Å². The van der Waals surface area contributed by atoms with Gasteiger partial charge in [0.15, 0.2) is 0 Å². The minimum atomic E-state index is -2.22. The second-order valence-electron chi connectivity index (χ2n) is 0.247. The van der Waals surface area contributed by atoms with Gasteiger partial charge in [0, 0.05) is 0 Å². The summed E-state index contributed by atoms with van der Waals surface area (Å²) in [5.41, 5.74) is 0. The van der Waals surface area contributed by atoms with Crippen molar-refractivity contribution in [3.63, 3.8) is 0 Å². The summed E-state index contributed by atoms with van der Waals surface area (Å²) in [5.74, 6) is 0. The summed E-state index contributed by atoms with van der Waals surface area (Å²) in [7, 11) is 15.0. The van der Waals surface area contributed by atoms with Crippen LogP contribution >= 0.6 is 25.7 Å². The first-order valence-corrected chi connectivity index (χ1v) is 13.2. The van der Waals surface area contributed by atoms with Gasteiger partial charge >= 0.3 is 73.2 Å². The van der Waals surface area contributed by atoms with Crippen LogP contribution in [0.4, 0.5) is 0 Å². The van der Waals surface area contributed by atoms with Crippen molar-refractivity contribution < 1.29 is 0 Å². The third-order valence-electron chi connectivity index (χ3n) is 0. The molecular formula is HCl3InNa. The van der Waals surface area contributed by atoms with Gasteiger partial charge in [0.1, 0.15) is 0 Å². The quantitative estimate of drug-likeness (QED) is 0.559. The molecule has 0 radical (unpaired) electrons. The van der Waals surface area contributed by atoms with Crippen molar-refractivity contribution in [1.82, 2.24) is 0 Å². The van der Waals surface area contributed by atoms with Crippen LogP contribution in [0.5, 0.6) is 0 Å². The zero-order valence-corrected chi connectivity index (χ0v) is 7.27. The molecule has 0 unspecified atom stereocenters. The van der Waals surface area contributed by atoms with Crippen molar-refractivity contribution in [2.24, 2.45) is 0 Å². The first-order chi connectivity index (χ1) is 1.73. The molecule has 0 amide bonds. The van der Waals surface area contributed by atoms with E-state index in [1.807, 2.05) is 0 Å². The van der Waals surface area contributed by atoms with E-state index in [2.05, 4.69) is 0 Å². The standard InChI is InChI=1S/3ClH.In.Na.H/h3*1H;;;/q;;;+3;;/p-3. The number of hydrogen-bond acceptors (Lipinski definition) is 0. The van der Waals surface area contributed by atoms with E-state index in [1.54, 1.807) is 0 Å². The van der Waals surface area contributed by atoms with Gasteiger partial charge in [0.05, 0.1) is 0 Å². The fourth-order valence-electron chi connectivity index (χ4n) is 0. The summed E-state index contributed by atoms with van der Waals surface area (Å²) in [6, 6.07) is 0. The Morgan fingerprint density at radius 1 is 1.00 bits per heavy atom. The fourth-order valence-corrected chi connectivity index (χ4v) is 0. The van der Waals surface area contributed by atoms with Gasteiger partial charge in [-0.3, -0.25) is 0 Å². The molecule has 5 heteroatoms. The van der Waals surface area contributed by atoms with Crippen molar-refractivity contribution in [3.05, 3.63) is 0 Å². The maximum atomic E-state index is 5.02. The third-order valence-corrected chi connectivity index (χ3v) is 0. The van der Waals surface area contributed by atoms with Gasteiger partial charge in [-0.1, -0.05) is 0 Å². The van der Waals surface area contributed by atoms with E-state index in [0.717, 1.165) is 0 Å². The van der Waals surface area contributed by atoms with Gasteiger partial charge in [-0.15, -0.1) is 0 Å². The molecular weight excluding hydrogens is 244 g/mol. The molecule has 0 bridgehead atoms. The summed E-state index contributed by atoms with van der Waals surface area (Å²) in [6.45, 7) is 0. The van der Waals surface area contributed by atoms with E-state index in [9.17, 15) is 0 Å². The molecule has 0 aliphatic rings. The molecule has 0 aliphatic carbocycles. The van der Waals surface area contributed by atoms with E-state index in [0.29, 0.717) is 0 Å². The molecule has 26 valence electrons. The van der Waals surface area contributed by atoms with Crippen LogP contribution in [0.15, 0.2) is 0 Å². The Morgan fingerprint density at radius 2 is 1.00 bits per heavy atom. The summed E-state index contributed by atoms with van der Waals surface area (Å²) in [4.78, 5) is 0. The second kappa shape index (κ2) is 6.74. The summed E-state index contributed by atoms with van der Waals surface area (Å²) < 4.78 is 0. The van der Waals surface area contributed by atoms with Crippen molar-refractivity contribution in [2.45, 2.75) is 0 Å². The molecule has 0 saturated carbocycles. The molecule has 0 spiro atoms. The molecule has 0 aromatic heterocycles. The van der Waals surface area contributed by atoms with Gasteiger partial charge in [-0.2, -0.15) is 0 Å². The zero-order valence-electron chi connectivity index (χ0n) is 1.71. The maximum absolute atomic E-state index is 5.02. The number of hydrogen-bond donors (Lipinski definition) is 0. The third kappa shape index (κ3) is 20.2. The second-order valence-corrected chi connectivity index (χ2v) is 14.9. The Balaban J connectivity index is 0. The van der Waals surface area contributed by atoms with Crippen LogP contribution in [-0.4, -0.2) is 47.4 Å². The molecule has 5 heavy (non-hydrogen) atoms. The van der Waals surface area contributed by atoms with E-state index < -0.39 is 17.9 Å². The Labute approximate surface area is 71.7 Å². The summed E-state index contributed by atoms with van der Waals surface area (Å²) in [5, 5.41) is 0. The topological polar surface area (TPSA) is 0 Å². The first-order valence-electron chi connectivity index (χ1n) is 0.655. The molecule has 0 heterocycles. The molecule has 0 atom stereocenters. The minimum absolute atomic E-state index is 0. The predicted molar refractivity (Wildman–Crippen MR) is 30.5 cm³/mol. The monoisotopic (exact) mass is 244 g/mol. The molecule has 0 N–H and O–H groups in total. The predicted octanol–water partition coefficient (Wildman–Crippen LogP) is 1.04. The van der Waals surface area contributed by atoms with Gasteiger partial charge in [0.25, 0.3) is 0 Å². The molecule has 0 saturated heterocycles. The van der Waals surface area contributed by atoms with Gasteiger partial charge in [-0.05, 0) is 0 Å². The van der Waals surface area contributed by atoms with Crippen LogP contribution in [0, 0.1) is 0 Å². The average molecular weight is 245 g/mol. The van der Waals surface area contributed by atoms with E-state index in [4.69, 9.17) is 25.7 Å². The molecule has 0 fully saturated rings. The normalized spacial score (nSPS) is 5.40. The van der Waals surface area contributed by atoms with Crippen molar-refractivity contribution in [2.75, 3.05) is 0 Å². The van der Waals surface area contributed by atoms with Crippen LogP contribution in [0.25, 0.3) is 0 Å². The SMILES string of the molecule is [Cl][In]([Cl])[Cl].[NaH]. The van der Waals surface area contributed by atoms with Crippen LogP contribution in [0.2, 0.25) is 0 Å². The van der Waals surface area contributed by atoms with E-state index in [1.165, 1.54) is 0 Å². The van der Waals surface area contributed by atoms with Crippen molar-refractivity contribution in [3.8, 4) is 0 Å². The molecule has 0 aromatic rings. The van der Waals surface area contributed by atoms with Crippen LogP contribution in [0.1, 0.15) is 0 Å². The van der Waals surface area contributed by atoms with E-state index in [-0.39, 0.29) is 29.6 Å². The first kappa shape index (κ1) is 10.7.